The van der Waals surface area contributed by atoms with E-state index in [1.807, 2.05) is 90.5 Å². The maximum atomic E-state index is 4.94. The van der Waals surface area contributed by atoms with Crippen LogP contribution in [0.2, 0.25) is 0 Å². The number of nitrogens with one attached hydrogen (secondary N) is 1. The van der Waals surface area contributed by atoms with E-state index in [-0.39, 0.29) is 0 Å². The number of hydrogen-bond acceptors (Lipinski definition) is 6. The van der Waals surface area contributed by atoms with E-state index in [9.17, 15) is 0 Å². The van der Waals surface area contributed by atoms with E-state index >= 15 is 0 Å². The Morgan fingerprint density at radius 1 is 0.629 bits per heavy atom. The van der Waals surface area contributed by atoms with Crippen LogP contribution in [0.25, 0.3) is 68.3 Å². The number of rotatable bonds is 0. The molecule has 2 aliphatic heterocycles. The van der Waals surface area contributed by atoms with Crippen molar-refractivity contribution in [2.75, 3.05) is 0 Å². The molecule has 0 spiro atoms. The lowest BCUT2D eigenvalue weighted by Gasteiger charge is -1.98. The van der Waals surface area contributed by atoms with Crippen molar-refractivity contribution in [1.82, 2.24) is 39.5 Å². The van der Waals surface area contributed by atoms with Crippen molar-refractivity contribution < 1.29 is 0 Å². The van der Waals surface area contributed by atoms with Gasteiger partial charge in [0, 0.05) is 28.9 Å². The molecule has 5 aromatic rings. The molecule has 0 aliphatic carbocycles. The first-order chi connectivity index (χ1) is 17.2. The summed E-state index contributed by atoms with van der Waals surface area (Å²) >= 11 is 0. The highest BCUT2D eigenvalue weighted by atomic mass is 15.1. The quantitative estimate of drug-likeness (QED) is 0.370. The Labute approximate surface area is 199 Å². The fourth-order valence-electron chi connectivity index (χ4n) is 4.43. The van der Waals surface area contributed by atoms with Gasteiger partial charge in [-0.3, -0.25) is 0 Å². The standard InChI is InChI=1S/C27H18N8/c1-35-26-18-10-4-5-11-19(18)27(35)33-23-15-7-13-21(29-23)31-25-17-9-3-2-8-16(17)24(34-25)30-20-12-6-14-22(28-20)32-26/h2-15H,1H3,(H,28,29,30,31,34). The molecule has 2 aromatic carbocycles. The van der Waals surface area contributed by atoms with Crippen LogP contribution in [-0.2, 0) is 7.05 Å². The van der Waals surface area contributed by atoms with E-state index < -0.39 is 0 Å². The molecule has 5 heterocycles. The summed E-state index contributed by atoms with van der Waals surface area (Å²) < 4.78 is 1.98. The van der Waals surface area contributed by atoms with Crippen LogP contribution >= 0.6 is 0 Å². The zero-order valence-electron chi connectivity index (χ0n) is 18.7. The number of aromatic amines is 1. The number of H-pyrrole nitrogens is 1. The molecular formula is C27H18N8. The lowest BCUT2D eigenvalue weighted by atomic mass is 10.1. The third-order valence-corrected chi connectivity index (χ3v) is 6.04. The first-order valence-corrected chi connectivity index (χ1v) is 11.2. The van der Waals surface area contributed by atoms with Crippen molar-refractivity contribution in [2.45, 2.75) is 0 Å². The molecule has 0 atom stereocenters. The number of allylic oxidation sites excluding steroid dienone is 1. The van der Waals surface area contributed by atoms with Crippen LogP contribution in [0, 0.1) is 0 Å². The van der Waals surface area contributed by atoms with Crippen molar-refractivity contribution in [3.05, 3.63) is 84.1 Å². The van der Waals surface area contributed by atoms with Crippen molar-refractivity contribution in [3.8, 4) is 22.8 Å². The Hall–Kier alpha value is -4.98. The fraction of sp³-hybridized carbons (Fsp3) is 0.0370. The topological polar surface area (TPSA) is 98.1 Å². The molecule has 35 heavy (non-hydrogen) atoms. The highest BCUT2D eigenvalue weighted by Gasteiger charge is 2.18. The monoisotopic (exact) mass is 454 g/mol. The van der Waals surface area contributed by atoms with Crippen LogP contribution in [0.3, 0.4) is 0 Å². The van der Waals surface area contributed by atoms with E-state index in [0.717, 1.165) is 33.2 Å². The van der Waals surface area contributed by atoms with E-state index in [0.29, 0.717) is 34.2 Å². The summed E-state index contributed by atoms with van der Waals surface area (Å²) in [6.07, 6.45) is 5.75. The lowest BCUT2D eigenvalue weighted by molar-refractivity contribution is 0.954. The van der Waals surface area contributed by atoms with Crippen LogP contribution in [-0.4, -0.2) is 39.5 Å². The summed E-state index contributed by atoms with van der Waals surface area (Å²) in [6, 6.07) is 21.7. The van der Waals surface area contributed by atoms with Crippen molar-refractivity contribution in [2.24, 2.45) is 7.05 Å². The molecule has 0 amide bonds. The van der Waals surface area contributed by atoms with Crippen LogP contribution < -0.4 is 5.48 Å². The lowest BCUT2D eigenvalue weighted by Crippen LogP contribution is -2.13. The number of pyridine rings is 1. The largest absolute Gasteiger partial charge is 0.325 e. The van der Waals surface area contributed by atoms with Gasteiger partial charge in [-0.25, -0.2) is 29.9 Å². The number of aromatic nitrogens is 8. The smallest absolute Gasteiger partial charge is 0.164 e. The van der Waals surface area contributed by atoms with Gasteiger partial charge < -0.3 is 9.55 Å². The predicted octanol–water partition coefficient (Wildman–Crippen LogP) is 4.17. The Bertz CT molecular complexity index is 1930. The highest BCUT2D eigenvalue weighted by molar-refractivity contribution is 6.05. The second kappa shape index (κ2) is 7.53. The molecule has 7 rings (SSSR count). The van der Waals surface area contributed by atoms with Gasteiger partial charge in [0.15, 0.2) is 22.9 Å². The van der Waals surface area contributed by atoms with Gasteiger partial charge in [-0.15, -0.1) is 0 Å². The van der Waals surface area contributed by atoms with E-state index in [1.165, 1.54) is 0 Å². The third-order valence-electron chi connectivity index (χ3n) is 6.04. The van der Waals surface area contributed by atoms with Crippen LogP contribution in [0.1, 0.15) is 5.82 Å². The average Bonchev–Trinajstić information content (AvgIpc) is 3.35. The van der Waals surface area contributed by atoms with Gasteiger partial charge in [0.2, 0.25) is 0 Å². The van der Waals surface area contributed by atoms with Gasteiger partial charge in [0.1, 0.15) is 22.6 Å². The van der Waals surface area contributed by atoms with Crippen LogP contribution in [0.4, 0.5) is 0 Å². The minimum atomic E-state index is 0.533. The summed E-state index contributed by atoms with van der Waals surface area (Å²) in [6.45, 7) is 0. The van der Waals surface area contributed by atoms with Gasteiger partial charge in [-0.2, -0.15) is 0 Å². The molecule has 8 heteroatoms. The Morgan fingerprint density at radius 3 is 2.06 bits per heavy atom. The highest BCUT2D eigenvalue weighted by Crippen LogP contribution is 2.32. The predicted molar refractivity (Wildman–Crippen MR) is 136 cm³/mol. The van der Waals surface area contributed by atoms with Gasteiger partial charge in [0.05, 0.1) is 0 Å². The summed E-state index contributed by atoms with van der Waals surface area (Å²) in [7, 11) is 1.96. The van der Waals surface area contributed by atoms with Crippen LogP contribution in [0.5, 0.6) is 0 Å². The molecule has 0 unspecified atom stereocenters. The van der Waals surface area contributed by atoms with E-state index in [2.05, 4.69) is 11.1 Å². The van der Waals surface area contributed by atoms with Gasteiger partial charge in [-0.1, -0.05) is 60.7 Å². The average molecular weight is 454 g/mol. The number of fused-ring (bicyclic) bond motifs is 14. The maximum absolute atomic E-state index is 4.94. The number of benzene rings is 2. The summed E-state index contributed by atoms with van der Waals surface area (Å²) in [5.41, 5.74) is 5.17. The minimum absolute atomic E-state index is 0.533. The second-order valence-corrected chi connectivity index (χ2v) is 8.28. The van der Waals surface area contributed by atoms with Crippen LogP contribution in [0.15, 0.2) is 72.8 Å². The zero-order valence-corrected chi connectivity index (χ0v) is 18.7. The molecule has 8 nitrogen and oxygen atoms in total. The number of hydrogen-bond donors (Lipinski definition) is 1. The maximum Gasteiger partial charge on any atom is 0.164 e. The van der Waals surface area contributed by atoms with Crippen molar-refractivity contribution >= 4 is 45.5 Å². The summed E-state index contributed by atoms with van der Waals surface area (Å²) in [5.74, 6) is 1.81. The molecule has 1 N–H and O–H groups in total. The van der Waals surface area contributed by atoms with Crippen molar-refractivity contribution in [1.29, 1.82) is 0 Å². The number of nitrogens with zero attached hydrogens (tertiary/aromatic N) is 7. The molecule has 0 saturated heterocycles. The van der Waals surface area contributed by atoms with Gasteiger partial charge in [0.25, 0.3) is 0 Å². The second-order valence-electron chi connectivity index (χ2n) is 8.28. The molecule has 3 aromatic heterocycles. The minimum Gasteiger partial charge on any atom is -0.325 e. The normalized spacial score (nSPS) is 12.3. The molecule has 0 radical (unpaired) electrons. The molecule has 0 saturated carbocycles. The first-order valence-electron chi connectivity index (χ1n) is 11.2. The molecule has 8 bridgehead atoms. The summed E-state index contributed by atoms with van der Waals surface area (Å²) in [4.78, 5) is 32.2. The number of aryl methyl sites for hydroxylation is 1. The van der Waals surface area contributed by atoms with E-state index in [4.69, 9.17) is 29.9 Å². The zero-order chi connectivity index (χ0) is 23.4. The summed E-state index contributed by atoms with van der Waals surface area (Å²) in [5, 5.41) is 2.00. The molecule has 2 aliphatic rings. The Kier molecular flexibility index (Phi) is 4.19. The van der Waals surface area contributed by atoms with Crippen molar-refractivity contribution in [3.63, 3.8) is 0 Å². The third kappa shape index (κ3) is 3.23. The van der Waals surface area contributed by atoms with E-state index in [1.54, 1.807) is 0 Å². The molecule has 166 valence electrons. The SMILES string of the molecule is Cn1c2nc3[nH]c(nc4nc(nc5cccc(n5)nc1c1ccccc12)-c1ccccc1-4)C=CC=3. The van der Waals surface area contributed by atoms with Gasteiger partial charge >= 0.3 is 0 Å². The first kappa shape index (κ1) is 19.5. The molecular weight excluding hydrogens is 436 g/mol. The Balaban J connectivity index is 1.69. The van der Waals surface area contributed by atoms with Gasteiger partial charge in [-0.05, 0) is 24.3 Å². The Morgan fingerprint density at radius 2 is 1.29 bits per heavy atom. The fourth-order valence-corrected chi connectivity index (χ4v) is 4.43. The molecule has 0 fully saturated rings.